The van der Waals surface area contributed by atoms with Gasteiger partial charge in [-0.1, -0.05) is 18.2 Å². The van der Waals surface area contributed by atoms with E-state index in [0.717, 1.165) is 36.2 Å². The second kappa shape index (κ2) is 7.46. The number of amides is 1. The molecule has 148 valence electrons. The predicted octanol–water partition coefficient (Wildman–Crippen LogP) is 4.02. The first kappa shape index (κ1) is 18.1. The number of nitrogens with zero attached hydrogens (tertiary/aromatic N) is 4. The largest absolute Gasteiger partial charge is 0.376 e. The molecule has 0 aliphatic carbocycles. The van der Waals surface area contributed by atoms with Crippen LogP contribution in [0.1, 0.15) is 28.2 Å². The quantitative estimate of drug-likeness (QED) is 0.542. The summed E-state index contributed by atoms with van der Waals surface area (Å²) in [6.45, 7) is 3.41. The minimum atomic E-state index is -0.150. The number of anilines is 1. The zero-order chi connectivity index (χ0) is 19.8. The number of ether oxygens (including phenoxy) is 1. The fraction of sp³-hybridized carbons (Fsp3) is 0.286. The molecule has 8 heteroatoms. The maximum Gasteiger partial charge on any atom is 0.266 e. The number of hydrogen-bond acceptors (Lipinski definition) is 5. The molecule has 1 unspecified atom stereocenters. The summed E-state index contributed by atoms with van der Waals surface area (Å²) in [5.41, 5.74) is 2.73. The third-order valence-electron chi connectivity index (χ3n) is 5.05. The van der Waals surface area contributed by atoms with Crippen LogP contribution in [-0.4, -0.2) is 37.9 Å². The number of carbonyl (C=O) groups excluding carboxylic acids is 1. The summed E-state index contributed by atoms with van der Waals surface area (Å²) >= 11 is 1.41. The van der Waals surface area contributed by atoms with E-state index in [-0.39, 0.29) is 12.0 Å². The van der Waals surface area contributed by atoms with E-state index < -0.39 is 0 Å². The highest BCUT2D eigenvalue weighted by Gasteiger charge is 2.23. The van der Waals surface area contributed by atoms with Crippen LogP contribution in [0.25, 0.3) is 17.0 Å². The van der Waals surface area contributed by atoms with Gasteiger partial charge in [0, 0.05) is 12.7 Å². The van der Waals surface area contributed by atoms with Crippen LogP contribution < -0.4 is 5.32 Å². The molecule has 5 rings (SSSR count). The second-order valence-corrected chi connectivity index (χ2v) is 8.11. The van der Waals surface area contributed by atoms with Crippen molar-refractivity contribution in [3.8, 4) is 5.95 Å². The minimum absolute atomic E-state index is 0.150. The first-order valence-corrected chi connectivity index (χ1v) is 10.6. The molecule has 1 aliphatic heterocycles. The molecular weight excluding hydrogens is 386 g/mol. The molecule has 29 heavy (non-hydrogen) atoms. The SMILES string of the molecule is Cc1cc(NC(=O)c2cccs2)n(-c2nc3ccccc3n2CC2CCCO2)n1. The van der Waals surface area contributed by atoms with Crippen LogP contribution in [0.4, 0.5) is 5.82 Å². The third kappa shape index (κ3) is 3.45. The van der Waals surface area contributed by atoms with Gasteiger partial charge in [0.15, 0.2) is 0 Å². The number of imidazole rings is 1. The molecule has 0 bridgehead atoms. The van der Waals surface area contributed by atoms with Crippen LogP contribution in [0, 0.1) is 6.92 Å². The van der Waals surface area contributed by atoms with Gasteiger partial charge in [0.25, 0.3) is 5.91 Å². The van der Waals surface area contributed by atoms with Gasteiger partial charge in [0.1, 0.15) is 5.82 Å². The molecule has 1 atom stereocenters. The molecule has 0 saturated carbocycles. The lowest BCUT2D eigenvalue weighted by molar-refractivity contribution is 0.0976. The van der Waals surface area contributed by atoms with Crippen LogP contribution in [-0.2, 0) is 11.3 Å². The lowest BCUT2D eigenvalue weighted by Gasteiger charge is -2.15. The molecular formula is C21H21N5O2S. The third-order valence-corrected chi connectivity index (χ3v) is 5.92. The van der Waals surface area contributed by atoms with Crippen LogP contribution in [0.3, 0.4) is 0 Å². The number of hydrogen-bond donors (Lipinski definition) is 1. The van der Waals surface area contributed by atoms with Crippen LogP contribution >= 0.6 is 11.3 Å². The van der Waals surface area contributed by atoms with Crippen molar-refractivity contribution < 1.29 is 9.53 Å². The van der Waals surface area contributed by atoms with E-state index in [1.54, 1.807) is 10.7 Å². The van der Waals surface area contributed by atoms with Crippen molar-refractivity contribution in [1.82, 2.24) is 19.3 Å². The zero-order valence-electron chi connectivity index (χ0n) is 16.0. The fourth-order valence-corrected chi connectivity index (χ4v) is 4.34. The number of rotatable bonds is 5. The molecule has 1 saturated heterocycles. The molecule has 1 aliphatic rings. The van der Waals surface area contributed by atoms with Crippen molar-refractivity contribution in [1.29, 1.82) is 0 Å². The van der Waals surface area contributed by atoms with Gasteiger partial charge < -0.3 is 14.6 Å². The Labute approximate surface area is 171 Å². The van der Waals surface area contributed by atoms with Crippen molar-refractivity contribution in [2.45, 2.75) is 32.4 Å². The molecule has 1 N–H and O–H groups in total. The Balaban J connectivity index is 1.57. The summed E-state index contributed by atoms with van der Waals surface area (Å²) in [4.78, 5) is 18.1. The maximum absolute atomic E-state index is 12.6. The van der Waals surface area contributed by atoms with Crippen molar-refractivity contribution >= 4 is 34.1 Å². The van der Waals surface area contributed by atoms with E-state index in [0.29, 0.717) is 23.2 Å². The summed E-state index contributed by atoms with van der Waals surface area (Å²) < 4.78 is 9.72. The Bertz CT molecular complexity index is 1160. The minimum Gasteiger partial charge on any atom is -0.376 e. The molecule has 4 aromatic rings. The van der Waals surface area contributed by atoms with Gasteiger partial charge in [0.05, 0.1) is 34.3 Å². The average Bonchev–Trinajstić information content (AvgIpc) is 3.49. The standard InChI is InChI=1S/C21H21N5O2S/c1-14-12-19(23-20(27)18-9-5-11-29-18)26(24-14)21-22-16-7-2-3-8-17(16)25(21)13-15-6-4-10-28-15/h2-3,5,7-9,11-12,15H,4,6,10,13H2,1H3,(H,23,27). The first-order valence-electron chi connectivity index (χ1n) is 9.68. The fourth-order valence-electron chi connectivity index (χ4n) is 3.72. The maximum atomic E-state index is 12.6. The van der Waals surface area contributed by atoms with Gasteiger partial charge in [-0.15, -0.1) is 11.3 Å². The van der Waals surface area contributed by atoms with Crippen molar-refractivity contribution in [3.63, 3.8) is 0 Å². The molecule has 0 radical (unpaired) electrons. The Hall–Kier alpha value is -2.97. The molecule has 1 amide bonds. The smallest absolute Gasteiger partial charge is 0.266 e. The van der Waals surface area contributed by atoms with Crippen molar-refractivity contribution in [2.24, 2.45) is 0 Å². The lowest BCUT2D eigenvalue weighted by atomic mass is 10.2. The van der Waals surface area contributed by atoms with E-state index >= 15 is 0 Å². The lowest BCUT2D eigenvalue weighted by Crippen LogP contribution is -2.20. The summed E-state index contributed by atoms with van der Waals surface area (Å²) in [5.74, 6) is 1.13. The van der Waals surface area contributed by atoms with Crippen LogP contribution in [0.2, 0.25) is 0 Å². The van der Waals surface area contributed by atoms with Crippen LogP contribution in [0.15, 0.2) is 47.8 Å². The molecule has 7 nitrogen and oxygen atoms in total. The highest BCUT2D eigenvalue weighted by atomic mass is 32.1. The van der Waals surface area contributed by atoms with Gasteiger partial charge in [-0.25, -0.2) is 4.98 Å². The van der Waals surface area contributed by atoms with Gasteiger partial charge in [-0.05, 0) is 43.3 Å². The van der Waals surface area contributed by atoms with E-state index in [2.05, 4.69) is 21.0 Å². The van der Waals surface area contributed by atoms with Gasteiger partial charge >= 0.3 is 0 Å². The van der Waals surface area contributed by atoms with Gasteiger partial charge in [-0.2, -0.15) is 9.78 Å². The number of nitrogens with one attached hydrogen (secondary N) is 1. The number of carbonyl (C=O) groups is 1. The first-order chi connectivity index (χ1) is 14.2. The van der Waals surface area contributed by atoms with Crippen molar-refractivity contribution in [3.05, 3.63) is 58.4 Å². The van der Waals surface area contributed by atoms with Crippen LogP contribution in [0.5, 0.6) is 0 Å². The Morgan fingerprint density at radius 3 is 3.00 bits per heavy atom. The number of fused-ring (bicyclic) bond motifs is 1. The molecule has 0 spiro atoms. The van der Waals surface area contributed by atoms with E-state index in [4.69, 9.17) is 9.72 Å². The van der Waals surface area contributed by atoms with Gasteiger partial charge in [0.2, 0.25) is 5.95 Å². The topological polar surface area (TPSA) is 74.0 Å². The normalized spacial score (nSPS) is 16.5. The Morgan fingerprint density at radius 2 is 2.21 bits per heavy atom. The molecule has 4 heterocycles. The summed E-state index contributed by atoms with van der Waals surface area (Å²) in [5, 5.41) is 9.50. The highest BCUT2D eigenvalue weighted by molar-refractivity contribution is 7.12. The summed E-state index contributed by atoms with van der Waals surface area (Å²) in [6, 6.07) is 13.6. The summed E-state index contributed by atoms with van der Waals surface area (Å²) in [7, 11) is 0. The monoisotopic (exact) mass is 407 g/mol. The van der Waals surface area contributed by atoms with E-state index in [1.165, 1.54) is 11.3 Å². The highest BCUT2D eigenvalue weighted by Crippen LogP contribution is 2.25. The summed E-state index contributed by atoms with van der Waals surface area (Å²) in [6.07, 6.45) is 2.27. The molecule has 1 fully saturated rings. The second-order valence-electron chi connectivity index (χ2n) is 7.16. The predicted molar refractivity (Wildman–Crippen MR) is 113 cm³/mol. The Kier molecular flexibility index (Phi) is 4.65. The van der Waals surface area contributed by atoms with E-state index in [1.807, 2.05) is 42.6 Å². The average molecular weight is 407 g/mol. The number of aromatic nitrogens is 4. The number of benzene rings is 1. The zero-order valence-corrected chi connectivity index (χ0v) is 16.9. The Morgan fingerprint density at radius 1 is 1.31 bits per heavy atom. The van der Waals surface area contributed by atoms with Crippen molar-refractivity contribution in [2.75, 3.05) is 11.9 Å². The van der Waals surface area contributed by atoms with Gasteiger partial charge in [-0.3, -0.25) is 4.79 Å². The van der Waals surface area contributed by atoms with E-state index in [9.17, 15) is 4.79 Å². The number of thiophene rings is 1. The molecule has 3 aromatic heterocycles. The number of aryl methyl sites for hydroxylation is 1. The molecule has 1 aromatic carbocycles. The number of para-hydroxylation sites is 2.